The van der Waals surface area contributed by atoms with E-state index in [9.17, 15) is 13.2 Å². The van der Waals surface area contributed by atoms with Gasteiger partial charge in [-0.15, -0.1) is 0 Å². The van der Waals surface area contributed by atoms with E-state index in [1.54, 1.807) is 25.1 Å². The SMILES string of the molecule is CCN(CC(F)(F)F)c1cc(Br)ccc1N. The minimum atomic E-state index is -4.23. The van der Waals surface area contributed by atoms with Crippen LogP contribution >= 0.6 is 15.9 Å². The molecule has 0 aromatic heterocycles. The molecule has 2 nitrogen and oxygen atoms in total. The van der Waals surface area contributed by atoms with E-state index in [0.717, 1.165) is 0 Å². The van der Waals surface area contributed by atoms with Gasteiger partial charge >= 0.3 is 6.18 Å². The van der Waals surface area contributed by atoms with Crippen molar-refractivity contribution in [1.82, 2.24) is 0 Å². The number of benzene rings is 1. The van der Waals surface area contributed by atoms with Crippen molar-refractivity contribution in [3.8, 4) is 0 Å². The first-order chi connectivity index (χ1) is 7.33. The molecule has 1 rings (SSSR count). The first kappa shape index (κ1) is 13.2. The van der Waals surface area contributed by atoms with Crippen LogP contribution in [-0.4, -0.2) is 19.3 Å². The van der Waals surface area contributed by atoms with E-state index in [-0.39, 0.29) is 6.54 Å². The van der Waals surface area contributed by atoms with Crippen molar-refractivity contribution in [3.63, 3.8) is 0 Å². The summed E-state index contributed by atoms with van der Waals surface area (Å²) in [6.45, 7) is 0.913. The highest BCUT2D eigenvalue weighted by Gasteiger charge is 2.30. The molecule has 6 heteroatoms. The monoisotopic (exact) mass is 296 g/mol. The Morgan fingerprint density at radius 2 is 2.00 bits per heavy atom. The Labute approximate surface area is 100 Å². The average Bonchev–Trinajstić information content (AvgIpc) is 2.17. The van der Waals surface area contributed by atoms with Gasteiger partial charge in [0.25, 0.3) is 0 Å². The molecular weight excluding hydrogens is 285 g/mol. The van der Waals surface area contributed by atoms with Crippen LogP contribution in [0.3, 0.4) is 0 Å². The average molecular weight is 297 g/mol. The lowest BCUT2D eigenvalue weighted by atomic mass is 10.2. The normalized spacial score (nSPS) is 11.6. The minimum absolute atomic E-state index is 0.250. The summed E-state index contributed by atoms with van der Waals surface area (Å²) in [5.41, 5.74) is 6.39. The Morgan fingerprint density at radius 1 is 1.38 bits per heavy atom. The van der Waals surface area contributed by atoms with Crippen molar-refractivity contribution >= 4 is 27.3 Å². The summed E-state index contributed by atoms with van der Waals surface area (Å²) in [4.78, 5) is 1.19. The maximum Gasteiger partial charge on any atom is 0.405 e. The fourth-order valence-corrected chi connectivity index (χ4v) is 1.72. The number of anilines is 2. The molecule has 90 valence electrons. The number of alkyl halides is 3. The van der Waals surface area contributed by atoms with Crippen molar-refractivity contribution in [2.75, 3.05) is 23.7 Å². The standard InChI is InChI=1S/C10H12BrF3N2/c1-2-16(6-10(12,13)14)9-5-7(11)3-4-8(9)15/h3-5H,2,6,15H2,1H3. The molecule has 0 atom stereocenters. The van der Waals surface area contributed by atoms with Crippen LogP contribution in [0.1, 0.15) is 6.92 Å². The van der Waals surface area contributed by atoms with Crippen molar-refractivity contribution in [2.45, 2.75) is 13.1 Å². The van der Waals surface area contributed by atoms with Gasteiger partial charge in [-0.2, -0.15) is 13.2 Å². The molecule has 1 aromatic rings. The van der Waals surface area contributed by atoms with Gasteiger partial charge in [-0.05, 0) is 25.1 Å². The number of halogens is 4. The molecule has 0 aliphatic carbocycles. The number of nitrogens with two attached hydrogens (primary N) is 1. The molecule has 0 saturated carbocycles. The Hall–Kier alpha value is -0.910. The van der Waals surface area contributed by atoms with E-state index >= 15 is 0 Å². The third kappa shape index (κ3) is 3.59. The summed E-state index contributed by atoms with van der Waals surface area (Å²) < 4.78 is 37.7. The maximum atomic E-state index is 12.3. The van der Waals surface area contributed by atoms with Gasteiger partial charge in [0.1, 0.15) is 6.54 Å². The van der Waals surface area contributed by atoms with Gasteiger partial charge in [-0.1, -0.05) is 15.9 Å². The second-order valence-corrected chi connectivity index (χ2v) is 4.25. The zero-order chi connectivity index (χ0) is 12.3. The molecule has 0 amide bonds. The van der Waals surface area contributed by atoms with Crippen molar-refractivity contribution in [1.29, 1.82) is 0 Å². The number of hydrogen-bond acceptors (Lipinski definition) is 2. The highest BCUT2D eigenvalue weighted by molar-refractivity contribution is 9.10. The zero-order valence-electron chi connectivity index (χ0n) is 8.68. The molecule has 1 aromatic carbocycles. The van der Waals surface area contributed by atoms with Crippen LogP contribution in [0.5, 0.6) is 0 Å². The molecule has 0 spiro atoms. The van der Waals surface area contributed by atoms with Crippen LogP contribution in [0, 0.1) is 0 Å². The fraction of sp³-hybridized carbons (Fsp3) is 0.400. The summed E-state index contributed by atoms with van der Waals surface area (Å²) in [5, 5.41) is 0. The summed E-state index contributed by atoms with van der Waals surface area (Å²) in [5.74, 6) is 0. The fourth-order valence-electron chi connectivity index (χ4n) is 1.37. The van der Waals surface area contributed by atoms with Crippen LogP contribution in [0.15, 0.2) is 22.7 Å². The molecule has 0 aliphatic heterocycles. The largest absolute Gasteiger partial charge is 0.405 e. The lowest BCUT2D eigenvalue weighted by Gasteiger charge is -2.25. The lowest BCUT2D eigenvalue weighted by Crippen LogP contribution is -2.34. The number of rotatable bonds is 3. The molecule has 16 heavy (non-hydrogen) atoms. The molecule has 0 unspecified atom stereocenters. The Bertz CT molecular complexity index is 366. The van der Waals surface area contributed by atoms with Crippen LogP contribution in [0.2, 0.25) is 0 Å². The number of nitrogens with zero attached hydrogens (tertiary/aromatic N) is 1. The topological polar surface area (TPSA) is 29.3 Å². The molecular formula is C10H12BrF3N2. The van der Waals surface area contributed by atoms with Crippen LogP contribution in [-0.2, 0) is 0 Å². The second-order valence-electron chi connectivity index (χ2n) is 3.33. The van der Waals surface area contributed by atoms with Gasteiger partial charge in [0.15, 0.2) is 0 Å². The third-order valence-electron chi connectivity index (χ3n) is 2.09. The molecule has 0 fully saturated rings. The highest BCUT2D eigenvalue weighted by atomic mass is 79.9. The number of hydrogen-bond donors (Lipinski definition) is 1. The van der Waals surface area contributed by atoms with Crippen LogP contribution in [0.4, 0.5) is 24.5 Å². The van der Waals surface area contributed by atoms with Crippen molar-refractivity contribution in [3.05, 3.63) is 22.7 Å². The smallest absolute Gasteiger partial charge is 0.397 e. The highest BCUT2D eigenvalue weighted by Crippen LogP contribution is 2.29. The Kier molecular flexibility index (Phi) is 4.07. The van der Waals surface area contributed by atoms with E-state index in [1.807, 2.05) is 0 Å². The first-order valence-electron chi connectivity index (χ1n) is 4.70. The van der Waals surface area contributed by atoms with E-state index in [1.165, 1.54) is 4.90 Å². The predicted octanol–water partition coefficient (Wildman–Crippen LogP) is 3.42. The summed E-state index contributed by atoms with van der Waals surface area (Å²) in [7, 11) is 0. The first-order valence-corrected chi connectivity index (χ1v) is 5.49. The van der Waals surface area contributed by atoms with Crippen molar-refractivity contribution in [2.24, 2.45) is 0 Å². The minimum Gasteiger partial charge on any atom is -0.397 e. The summed E-state index contributed by atoms with van der Waals surface area (Å²) >= 11 is 3.21. The van der Waals surface area contributed by atoms with Gasteiger partial charge < -0.3 is 10.6 Å². The van der Waals surface area contributed by atoms with Gasteiger partial charge in [-0.25, -0.2) is 0 Å². The van der Waals surface area contributed by atoms with E-state index in [4.69, 9.17) is 5.73 Å². The quantitative estimate of drug-likeness (QED) is 0.866. The molecule has 0 radical (unpaired) electrons. The van der Waals surface area contributed by atoms with E-state index in [2.05, 4.69) is 15.9 Å². The molecule has 2 N–H and O–H groups in total. The van der Waals surface area contributed by atoms with Crippen LogP contribution < -0.4 is 10.6 Å². The van der Waals surface area contributed by atoms with Gasteiger partial charge in [0, 0.05) is 11.0 Å². The van der Waals surface area contributed by atoms with Gasteiger partial charge in [0.2, 0.25) is 0 Å². The molecule has 0 heterocycles. The second kappa shape index (κ2) is 4.95. The zero-order valence-corrected chi connectivity index (χ0v) is 10.3. The number of nitrogen functional groups attached to an aromatic ring is 1. The molecule has 0 bridgehead atoms. The Balaban J connectivity index is 2.99. The Morgan fingerprint density at radius 3 is 2.50 bits per heavy atom. The van der Waals surface area contributed by atoms with Gasteiger partial charge in [-0.3, -0.25) is 0 Å². The van der Waals surface area contributed by atoms with E-state index in [0.29, 0.717) is 15.8 Å². The third-order valence-corrected chi connectivity index (χ3v) is 2.58. The molecule has 0 aliphatic rings. The van der Waals surface area contributed by atoms with E-state index < -0.39 is 12.7 Å². The van der Waals surface area contributed by atoms with Crippen molar-refractivity contribution < 1.29 is 13.2 Å². The summed E-state index contributed by atoms with van der Waals surface area (Å²) in [6, 6.07) is 4.86. The van der Waals surface area contributed by atoms with Gasteiger partial charge in [0.05, 0.1) is 11.4 Å². The lowest BCUT2D eigenvalue weighted by molar-refractivity contribution is -0.119. The van der Waals surface area contributed by atoms with Crippen LogP contribution in [0.25, 0.3) is 0 Å². The molecule has 0 saturated heterocycles. The predicted molar refractivity (Wildman–Crippen MR) is 62.5 cm³/mol. The summed E-state index contributed by atoms with van der Waals surface area (Å²) in [6.07, 6.45) is -4.23. The maximum absolute atomic E-state index is 12.3.